The first-order chi connectivity index (χ1) is 9.51. The predicted octanol–water partition coefficient (Wildman–Crippen LogP) is 1.29. The number of carbonyl (C=O) groups excluding carboxylic acids is 1. The fourth-order valence-corrected chi connectivity index (χ4v) is 3.88. The molecule has 20 heavy (non-hydrogen) atoms. The van der Waals surface area contributed by atoms with Gasteiger partial charge in [0.15, 0.2) is 0 Å². The van der Waals surface area contributed by atoms with E-state index in [4.69, 9.17) is 0 Å². The van der Waals surface area contributed by atoms with E-state index in [1.54, 1.807) is 6.33 Å². The van der Waals surface area contributed by atoms with Crippen molar-refractivity contribution in [3.8, 4) is 0 Å². The third kappa shape index (κ3) is 2.24. The molecule has 0 radical (unpaired) electrons. The number of aryl methyl sites for hydroxylation is 2. The molecule has 5 nitrogen and oxygen atoms in total. The second-order valence-electron chi connectivity index (χ2n) is 6.61. The molecule has 1 amide bonds. The molecule has 1 aromatic heterocycles. The molecule has 110 valence electrons. The molecule has 2 aliphatic rings. The molecular formula is C15H24N4O. The monoisotopic (exact) mass is 276 g/mol. The molecule has 2 saturated heterocycles. The van der Waals surface area contributed by atoms with Crippen molar-refractivity contribution in [2.24, 2.45) is 12.5 Å². The Kier molecular flexibility index (Phi) is 3.32. The van der Waals surface area contributed by atoms with E-state index in [1.165, 1.54) is 12.8 Å². The summed E-state index contributed by atoms with van der Waals surface area (Å²) in [6.07, 6.45) is 5.32. The van der Waals surface area contributed by atoms with Gasteiger partial charge in [0.05, 0.1) is 12.0 Å². The maximum Gasteiger partial charge on any atom is 0.272 e. The van der Waals surface area contributed by atoms with E-state index < -0.39 is 0 Å². The van der Waals surface area contributed by atoms with Gasteiger partial charge in [-0.3, -0.25) is 4.79 Å². The quantitative estimate of drug-likeness (QED) is 0.776. The number of imidazole rings is 1. The molecule has 1 spiro atoms. The maximum absolute atomic E-state index is 12.8. The summed E-state index contributed by atoms with van der Waals surface area (Å²) in [4.78, 5) is 21.5. The summed E-state index contributed by atoms with van der Waals surface area (Å²) in [6.45, 7) is 5.99. The second kappa shape index (κ2) is 4.88. The minimum atomic E-state index is 0.149. The number of hydrogen-bond donors (Lipinski definition) is 0. The maximum atomic E-state index is 12.8. The molecule has 2 aliphatic heterocycles. The largest absolute Gasteiger partial charge is 0.337 e. The molecular weight excluding hydrogens is 252 g/mol. The van der Waals surface area contributed by atoms with E-state index in [0.717, 1.165) is 44.0 Å². The fourth-order valence-electron chi connectivity index (χ4n) is 3.88. The standard InChI is InChI=1S/C15H24N4O/c1-12-13(18(3)11-16-12)14(20)19-7-4-5-15(10-19)6-8-17(2)9-15/h11H,4-10H2,1-3H3/t15-/m0/s1. The summed E-state index contributed by atoms with van der Waals surface area (Å²) in [6, 6.07) is 0. The van der Waals surface area contributed by atoms with Crippen LogP contribution in [0.1, 0.15) is 35.4 Å². The van der Waals surface area contributed by atoms with Crippen molar-refractivity contribution in [1.82, 2.24) is 19.4 Å². The molecule has 0 aromatic carbocycles. The van der Waals surface area contributed by atoms with Crippen LogP contribution < -0.4 is 0 Å². The highest BCUT2D eigenvalue weighted by atomic mass is 16.2. The molecule has 3 rings (SSSR count). The van der Waals surface area contributed by atoms with Crippen molar-refractivity contribution in [2.75, 3.05) is 33.2 Å². The lowest BCUT2D eigenvalue weighted by atomic mass is 9.79. The Labute approximate surface area is 120 Å². The van der Waals surface area contributed by atoms with E-state index in [1.807, 2.05) is 23.4 Å². The van der Waals surface area contributed by atoms with Gasteiger partial charge >= 0.3 is 0 Å². The zero-order valence-electron chi connectivity index (χ0n) is 12.7. The highest BCUT2D eigenvalue weighted by molar-refractivity contribution is 5.93. The van der Waals surface area contributed by atoms with Crippen LogP contribution >= 0.6 is 0 Å². The van der Waals surface area contributed by atoms with Crippen molar-refractivity contribution in [3.63, 3.8) is 0 Å². The Morgan fingerprint density at radius 1 is 1.25 bits per heavy atom. The van der Waals surface area contributed by atoms with Crippen molar-refractivity contribution >= 4 is 5.91 Å². The van der Waals surface area contributed by atoms with E-state index >= 15 is 0 Å². The molecule has 3 heterocycles. The molecule has 0 aliphatic carbocycles. The van der Waals surface area contributed by atoms with Gasteiger partial charge in [-0.15, -0.1) is 0 Å². The zero-order valence-corrected chi connectivity index (χ0v) is 12.7. The lowest BCUT2D eigenvalue weighted by Gasteiger charge is -2.40. The molecule has 0 saturated carbocycles. The number of nitrogens with zero attached hydrogens (tertiary/aromatic N) is 4. The Bertz CT molecular complexity index is 500. The van der Waals surface area contributed by atoms with Gasteiger partial charge in [0, 0.05) is 32.1 Å². The van der Waals surface area contributed by atoms with Crippen LogP contribution in [0.25, 0.3) is 0 Å². The summed E-state index contributed by atoms with van der Waals surface area (Å²) in [5, 5.41) is 0. The Morgan fingerprint density at radius 3 is 2.65 bits per heavy atom. The number of aromatic nitrogens is 2. The normalized spacial score (nSPS) is 27.4. The van der Waals surface area contributed by atoms with Gasteiger partial charge in [-0.05, 0) is 39.8 Å². The minimum Gasteiger partial charge on any atom is -0.337 e. The number of likely N-dealkylation sites (tertiary alicyclic amines) is 2. The van der Waals surface area contributed by atoms with Crippen LogP contribution in [0.5, 0.6) is 0 Å². The number of hydrogen-bond acceptors (Lipinski definition) is 3. The van der Waals surface area contributed by atoms with Gasteiger partial charge in [-0.1, -0.05) is 0 Å². The van der Waals surface area contributed by atoms with Crippen molar-refractivity contribution in [3.05, 3.63) is 17.7 Å². The average Bonchev–Trinajstić information content (AvgIpc) is 2.93. The zero-order chi connectivity index (χ0) is 14.3. The molecule has 1 aromatic rings. The smallest absolute Gasteiger partial charge is 0.272 e. The summed E-state index contributed by atoms with van der Waals surface area (Å²) >= 11 is 0. The number of carbonyl (C=O) groups is 1. The van der Waals surface area contributed by atoms with E-state index in [-0.39, 0.29) is 5.91 Å². The SMILES string of the molecule is Cc1ncn(C)c1C(=O)N1CCC[C@@]2(CCN(C)C2)C1. The first-order valence-corrected chi connectivity index (χ1v) is 7.46. The highest BCUT2D eigenvalue weighted by Gasteiger charge is 2.41. The third-order valence-corrected chi connectivity index (χ3v) is 4.90. The number of amides is 1. The molecule has 5 heteroatoms. The number of rotatable bonds is 1. The van der Waals surface area contributed by atoms with Gasteiger partial charge in [-0.25, -0.2) is 4.98 Å². The van der Waals surface area contributed by atoms with E-state index in [2.05, 4.69) is 16.9 Å². The molecule has 0 unspecified atom stereocenters. The summed E-state index contributed by atoms with van der Waals surface area (Å²) < 4.78 is 1.85. The third-order valence-electron chi connectivity index (χ3n) is 4.90. The van der Waals surface area contributed by atoms with Crippen LogP contribution in [0.15, 0.2) is 6.33 Å². The van der Waals surface area contributed by atoms with Crippen LogP contribution in [0.3, 0.4) is 0 Å². The Hall–Kier alpha value is -1.36. The second-order valence-corrected chi connectivity index (χ2v) is 6.61. The summed E-state index contributed by atoms with van der Waals surface area (Å²) in [7, 11) is 4.08. The average molecular weight is 276 g/mol. The van der Waals surface area contributed by atoms with Gasteiger partial charge < -0.3 is 14.4 Å². The number of piperidine rings is 1. The van der Waals surface area contributed by atoms with Gasteiger partial charge in [0.2, 0.25) is 0 Å². The van der Waals surface area contributed by atoms with Gasteiger partial charge in [0.25, 0.3) is 5.91 Å². The highest BCUT2D eigenvalue weighted by Crippen LogP contribution is 2.38. The lowest BCUT2D eigenvalue weighted by Crippen LogP contribution is -2.47. The molecule has 0 N–H and O–H groups in total. The predicted molar refractivity (Wildman–Crippen MR) is 77.6 cm³/mol. The lowest BCUT2D eigenvalue weighted by molar-refractivity contribution is 0.0525. The Morgan fingerprint density at radius 2 is 2.05 bits per heavy atom. The van der Waals surface area contributed by atoms with Crippen molar-refractivity contribution in [1.29, 1.82) is 0 Å². The summed E-state index contributed by atoms with van der Waals surface area (Å²) in [5.41, 5.74) is 1.91. The van der Waals surface area contributed by atoms with Crippen LogP contribution in [0, 0.1) is 12.3 Å². The minimum absolute atomic E-state index is 0.149. The van der Waals surface area contributed by atoms with Crippen molar-refractivity contribution in [2.45, 2.75) is 26.2 Å². The van der Waals surface area contributed by atoms with Crippen LogP contribution in [0.4, 0.5) is 0 Å². The Balaban J connectivity index is 1.79. The molecule has 2 fully saturated rings. The molecule has 0 bridgehead atoms. The van der Waals surface area contributed by atoms with Gasteiger partial charge in [0.1, 0.15) is 5.69 Å². The first kappa shape index (κ1) is 13.6. The topological polar surface area (TPSA) is 41.4 Å². The van der Waals surface area contributed by atoms with Crippen LogP contribution in [-0.2, 0) is 7.05 Å². The van der Waals surface area contributed by atoms with Gasteiger partial charge in [-0.2, -0.15) is 0 Å². The van der Waals surface area contributed by atoms with E-state index in [9.17, 15) is 4.79 Å². The van der Waals surface area contributed by atoms with Crippen LogP contribution in [0.2, 0.25) is 0 Å². The van der Waals surface area contributed by atoms with Crippen LogP contribution in [-0.4, -0.2) is 58.5 Å². The van der Waals surface area contributed by atoms with Crippen molar-refractivity contribution < 1.29 is 4.79 Å². The molecule has 1 atom stereocenters. The van der Waals surface area contributed by atoms with E-state index in [0.29, 0.717) is 5.41 Å². The summed E-state index contributed by atoms with van der Waals surface area (Å²) in [5.74, 6) is 0.149. The fraction of sp³-hybridized carbons (Fsp3) is 0.733. The first-order valence-electron chi connectivity index (χ1n) is 7.46.